The molecule has 1 heterocycles. The summed E-state index contributed by atoms with van der Waals surface area (Å²) >= 11 is 6.11. The molecule has 1 saturated heterocycles. The number of anilines is 1. The molecule has 0 aromatic heterocycles. The van der Waals surface area contributed by atoms with E-state index < -0.39 is 0 Å². The van der Waals surface area contributed by atoms with Gasteiger partial charge in [0.15, 0.2) is 0 Å². The zero-order valence-corrected chi connectivity index (χ0v) is 12.6. The summed E-state index contributed by atoms with van der Waals surface area (Å²) in [4.78, 5) is 4.64. The number of benzene rings is 1. The van der Waals surface area contributed by atoms with Crippen molar-refractivity contribution >= 4 is 17.3 Å². The van der Waals surface area contributed by atoms with E-state index in [0.717, 1.165) is 18.8 Å². The predicted octanol–water partition coefficient (Wildman–Crippen LogP) is 2.74. The number of rotatable bonds is 2. The lowest BCUT2D eigenvalue weighted by molar-refractivity contribution is 0.152. The van der Waals surface area contributed by atoms with E-state index in [9.17, 15) is 0 Å². The summed E-state index contributed by atoms with van der Waals surface area (Å²) in [5.41, 5.74) is 1.58. The van der Waals surface area contributed by atoms with Gasteiger partial charge in [0.25, 0.3) is 0 Å². The fourth-order valence-corrected chi connectivity index (χ4v) is 2.99. The Hall–Kier alpha value is -1.68. The summed E-state index contributed by atoms with van der Waals surface area (Å²) in [6.45, 7) is 6.88. The van der Waals surface area contributed by atoms with Crippen molar-refractivity contribution in [2.24, 2.45) is 0 Å². The van der Waals surface area contributed by atoms with Crippen LogP contribution in [0.4, 0.5) is 5.69 Å². The molecule has 1 fully saturated rings. The number of nitrogens with zero attached hydrogens (tertiary/aromatic N) is 3. The molecule has 2 rings (SSSR count). The summed E-state index contributed by atoms with van der Waals surface area (Å²) < 4.78 is 0. The fraction of sp³-hybridized carbons (Fsp3) is 0.438. The first kappa shape index (κ1) is 14.7. The number of hydrogen-bond donors (Lipinski definition) is 0. The molecule has 1 aliphatic heterocycles. The van der Waals surface area contributed by atoms with E-state index in [1.165, 1.54) is 0 Å². The highest BCUT2D eigenvalue weighted by atomic mass is 35.5. The molecule has 20 heavy (non-hydrogen) atoms. The van der Waals surface area contributed by atoms with Crippen LogP contribution in [-0.4, -0.2) is 36.6 Å². The van der Waals surface area contributed by atoms with Crippen molar-refractivity contribution in [3.05, 3.63) is 28.8 Å². The van der Waals surface area contributed by atoms with Gasteiger partial charge in [-0.05, 0) is 32.0 Å². The van der Waals surface area contributed by atoms with Gasteiger partial charge in [-0.3, -0.25) is 4.90 Å². The molecule has 0 radical (unpaired) electrons. The third-order valence-corrected chi connectivity index (χ3v) is 4.13. The maximum atomic E-state index is 8.92. The lowest BCUT2D eigenvalue weighted by Crippen LogP contribution is -2.56. The highest BCUT2D eigenvalue weighted by Gasteiger charge is 2.28. The first-order valence-corrected chi connectivity index (χ1v) is 7.08. The van der Waals surface area contributed by atoms with Crippen molar-refractivity contribution in [2.75, 3.05) is 24.5 Å². The second-order valence-electron chi connectivity index (χ2n) is 5.26. The van der Waals surface area contributed by atoms with Gasteiger partial charge in [0.2, 0.25) is 0 Å². The van der Waals surface area contributed by atoms with Gasteiger partial charge in [-0.1, -0.05) is 17.5 Å². The van der Waals surface area contributed by atoms with Crippen LogP contribution in [0.5, 0.6) is 0 Å². The van der Waals surface area contributed by atoms with Crippen molar-refractivity contribution in [1.82, 2.24) is 4.90 Å². The van der Waals surface area contributed by atoms with E-state index in [2.05, 4.69) is 35.6 Å². The van der Waals surface area contributed by atoms with E-state index in [4.69, 9.17) is 23.3 Å². The van der Waals surface area contributed by atoms with Gasteiger partial charge in [0.1, 0.15) is 6.07 Å². The van der Waals surface area contributed by atoms with Gasteiger partial charge >= 0.3 is 0 Å². The number of terminal acetylenes is 1. The molecule has 0 amide bonds. The molecular weight excluding hydrogens is 270 g/mol. The van der Waals surface area contributed by atoms with Crippen LogP contribution in [0.25, 0.3) is 0 Å². The van der Waals surface area contributed by atoms with Gasteiger partial charge in [0, 0.05) is 30.9 Å². The van der Waals surface area contributed by atoms with Crippen LogP contribution >= 0.6 is 11.6 Å². The molecular formula is C16H18ClN3. The molecule has 3 nitrogen and oxygen atoms in total. The maximum Gasteiger partial charge on any atom is 0.101 e. The zero-order chi connectivity index (χ0) is 14.7. The van der Waals surface area contributed by atoms with Crippen LogP contribution < -0.4 is 4.90 Å². The minimum Gasteiger partial charge on any atom is -0.368 e. The van der Waals surface area contributed by atoms with E-state index in [1.54, 1.807) is 6.07 Å². The summed E-state index contributed by atoms with van der Waals surface area (Å²) in [7, 11) is 0. The molecule has 2 atom stereocenters. The molecule has 104 valence electrons. The third-order valence-electron chi connectivity index (χ3n) is 3.81. The van der Waals surface area contributed by atoms with Crippen molar-refractivity contribution < 1.29 is 0 Å². The minimum absolute atomic E-state index is 0.393. The van der Waals surface area contributed by atoms with Gasteiger partial charge in [-0.2, -0.15) is 5.26 Å². The van der Waals surface area contributed by atoms with Crippen molar-refractivity contribution in [2.45, 2.75) is 25.9 Å². The van der Waals surface area contributed by atoms with E-state index in [0.29, 0.717) is 29.2 Å². The van der Waals surface area contributed by atoms with Crippen LogP contribution in [-0.2, 0) is 0 Å². The Labute approximate surface area is 125 Å². The molecule has 2 unspecified atom stereocenters. The van der Waals surface area contributed by atoms with E-state index in [1.807, 2.05) is 12.1 Å². The lowest BCUT2D eigenvalue weighted by atomic mass is 10.1. The van der Waals surface area contributed by atoms with Crippen molar-refractivity contribution in [1.29, 1.82) is 5.26 Å². The van der Waals surface area contributed by atoms with Crippen LogP contribution in [0.1, 0.15) is 19.4 Å². The lowest BCUT2D eigenvalue weighted by Gasteiger charge is -2.44. The first-order valence-electron chi connectivity index (χ1n) is 6.70. The molecule has 0 saturated carbocycles. The topological polar surface area (TPSA) is 30.3 Å². The Bertz CT molecular complexity index is 558. The van der Waals surface area contributed by atoms with Crippen molar-refractivity contribution in [3.63, 3.8) is 0 Å². The van der Waals surface area contributed by atoms with Gasteiger partial charge < -0.3 is 4.90 Å². The quantitative estimate of drug-likeness (QED) is 0.784. The van der Waals surface area contributed by atoms with Crippen LogP contribution in [0.3, 0.4) is 0 Å². The van der Waals surface area contributed by atoms with Gasteiger partial charge in [-0.25, -0.2) is 0 Å². The molecule has 0 bridgehead atoms. The minimum atomic E-state index is 0.393. The second-order valence-corrected chi connectivity index (χ2v) is 5.66. The zero-order valence-electron chi connectivity index (χ0n) is 11.8. The Morgan fingerprint density at radius 2 is 2.00 bits per heavy atom. The van der Waals surface area contributed by atoms with Crippen LogP contribution in [0.2, 0.25) is 5.02 Å². The number of hydrogen-bond acceptors (Lipinski definition) is 3. The van der Waals surface area contributed by atoms with Crippen LogP contribution in [0, 0.1) is 23.7 Å². The Morgan fingerprint density at radius 1 is 1.35 bits per heavy atom. The monoisotopic (exact) mass is 287 g/mol. The van der Waals surface area contributed by atoms with Gasteiger partial charge in [-0.15, -0.1) is 6.42 Å². The summed E-state index contributed by atoms with van der Waals surface area (Å²) in [5.74, 6) is 2.73. The third kappa shape index (κ3) is 2.90. The average molecular weight is 288 g/mol. The highest BCUT2D eigenvalue weighted by Crippen LogP contribution is 2.26. The molecule has 4 heteroatoms. The SMILES string of the molecule is C#CCN1C(C)CN(c2ccc(C#N)c(Cl)c2)CC1C. The molecule has 1 aromatic rings. The molecule has 1 aromatic carbocycles. The van der Waals surface area contributed by atoms with Crippen LogP contribution in [0.15, 0.2) is 18.2 Å². The summed E-state index contributed by atoms with van der Waals surface area (Å²) in [5, 5.41) is 9.43. The highest BCUT2D eigenvalue weighted by molar-refractivity contribution is 6.32. The van der Waals surface area contributed by atoms with Gasteiger partial charge in [0.05, 0.1) is 17.1 Å². The molecule has 0 aliphatic carbocycles. The Balaban J connectivity index is 2.18. The van der Waals surface area contributed by atoms with Crippen molar-refractivity contribution in [3.8, 4) is 18.4 Å². The average Bonchev–Trinajstić information content (AvgIpc) is 2.42. The second kappa shape index (κ2) is 6.18. The smallest absolute Gasteiger partial charge is 0.101 e. The molecule has 0 N–H and O–H groups in total. The predicted molar refractivity (Wildman–Crippen MR) is 82.8 cm³/mol. The van der Waals surface area contributed by atoms with E-state index in [-0.39, 0.29) is 0 Å². The largest absolute Gasteiger partial charge is 0.368 e. The molecule has 0 spiro atoms. The number of piperazine rings is 1. The molecule has 1 aliphatic rings. The standard InChI is InChI=1S/C16H18ClN3/c1-4-7-20-12(2)10-19(11-13(20)3)15-6-5-14(9-18)16(17)8-15/h1,5-6,8,12-13H,7,10-11H2,2-3H3. The maximum absolute atomic E-state index is 8.92. The Kier molecular flexibility index (Phi) is 4.55. The fourth-order valence-electron chi connectivity index (χ4n) is 2.78. The number of halogens is 1. The van der Waals surface area contributed by atoms with E-state index >= 15 is 0 Å². The summed E-state index contributed by atoms with van der Waals surface area (Å²) in [6.07, 6.45) is 5.43. The first-order chi connectivity index (χ1) is 9.56. The Morgan fingerprint density at radius 3 is 2.50 bits per heavy atom. The normalized spacial score (nSPS) is 23.1. The summed E-state index contributed by atoms with van der Waals surface area (Å²) in [6, 6.07) is 8.48. The number of nitriles is 1.